The Labute approximate surface area is 297 Å². The number of hydrogen-bond donors (Lipinski definition) is 4. The predicted molar refractivity (Wildman–Crippen MR) is 190 cm³/mol. The van der Waals surface area contributed by atoms with Gasteiger partial charge in [0.1, 0.15) is 17.1 Å². The first kappa shape index (κ1) is 37.2. The van der Waals surface area contributed by atoms with Crippen molar-refractivity contribution >= 4 is 35.0 Å². The number of carbonyl (C=O) groups excluding carboxylic acids is 3. The first-order valence-electron chi connectivity index (χ1n) is 17.2. The van der Waals surface area contributed by atoms with Crippen LogP contribution in [0.25, 0.3) is 0 Å². The Kier molecular flexibility index (Phi) is 12.3. The van der Waals surface area contributed by atoms with Gasteiger partial charge in [-0.15, -0.1) is 0 Å². The Balaban J connectivity index is 1.36. The summed E-state index contributed by atoms with van der Waals surface area (Å²) in [5.74, 6) is 1.37. The normalized spacial score (nSPS) is 20.0. The van der Waals surface area contributed by atoms with Crippen LogP contribution in [-0.2, 0) is 4.74 Å². The van der Waals surface area contributed by atoms with E-state index in [4.69, 9.17) is 23.5 Å². The second-order valence-corrected chi connectivity index (χ2v) is 13.2. The summed E-state index contributed by atoms with van der Waals surface area (Å²) in [6.07, 6.45) is 1.66. The van der Waals surface area contributed by atoms with E-state index in [9.17, 15) is 19.5 Å². The lowest BCUT2D eigenvalue weighted by Gasteiger charge is -2.35. The van der Waals surface area contributed by atoms with Crippen molar-refractivity contribution in [3.05, 3.63) is 53.4 Å². The molecule has 0 saturated carbocycles. The third-order valence-corrected chi connectivity index (χ3v) is 9.01. The fourth-order valence-electron chi connectivity index (χ4n) is 5.95. The van der Waals surface area contributed by atoms with E-state index in [1.807, 2.05) is 13.8 Å². The molecule has 1 aromatic heterocycles. The van der Waals surface area contributed by atoms with Crippen molar-refractivity contribution in [2.24, 2.45) is 5.92 Å². The number of ether oxygens (including phenoxy) is 4. The average molecular weight is 709 g/mol. The minimum Gasteiger partial charge on any atom is -0.490 e. The molecule has 0 unspecified atom stereocenters. The monoisotopic (exact) mass is 708 g/mol. The molecule has 5 rings (SSSR count). The second-order valence-electron chi connectivity index (χ2n) is 13.2. The van der Waals surface area contributed by atoms with E-state index in [1.165, 1.54) is 4.90 Å². The van der Waals surface area contributed by atoms with Crippen LogP contribution in [0, 0.1) is 19.8 Å². The van der Waals surface area contributed by atoms with E-state index in [-0.39, 0.29) is 56.0 Å². The molecule has 2 aliphatic heterocycles. The molecule has 2 aliphatic rings. The van der Waals surface area contributed by atoms with Crippen molar-refractivity contribution in [3.63, 3.8) is 0 Å². The molecule has 5 amide bonds. The maximum absolute atomic E-state index is 14.4. The number of benzene rings is 2. The van der Waals surface area contributed by atoms with Crippen LogP contribution in [0.15, 0.2) is 40.9 Å². The van der Waals surface area contributed by atoms with Gasteiger partial charge in [-0.2, -0.15) is 0 Å². The van der Waals surface area contributed by atoms with Crippen LogP contribution in [0.2, 0.25) is 0 Å². The van der Waals surface area contributed by atoms with Crippen molar-refractivity contribution in [2.75, 3.05) is 56.1 Å². The minimum atomic E-state index is -0.565. The molecular weight excluding hydrogens is 660 g/mol. The lowest BCUT2D eigenvalue weighted by molar-refractivity contribution is -0.0115. The van der Waals surface area contributed by atoms with Crippen LogP contribution in [-0.4, -0.2) is 96.4 Å². The van der Waals surface area contributed by atoms with Crippen molar-refractivity contribution < 1.29 is 43.0 Å². The molecule has 2 aromatic carbocycles. The second kappa shape index (κ2) is 16.8. The Morgan fingerprint density at radius 2 is 1.73 bits per heavy atom. The largest absolute Gasteiger partial charge is 0.490 e. The lowest BCUT2D eigenvalue weighted by Crippen LogP contribution is -2.48. The maximum atomic E-state index is 14.4. The number of rotatable bonds is 7. The molecule has 0 fully saturated rings. The SMILES string of the molecule is Cc1noc(C)c1NC(=O)N(C)C[C@@H]1OCCCC[C@@H](C)Oc2ccc(NC(=O)Nc3ccc4c(c3)OCO4)cc2C(=O)N([C@H](C)CO)C[C@@H]1C. The molecule has 0 saturated heterocycles. The molecule has 4 atom stereocenters. The number of likely N-dealkylation sites (N-methyl/N-ethyl adjacent to an activating group) is 1. The molecule has 15 heteroatoms. The summed E-state index contributed by atoms with van der Waals surface area (Å²) in [7, 11) is 1.68. The van der Waals surface area contributed by atoms with E-state index < -0.39 is 18.2 Å². The number of hydrogen-bond acceptors (Lipinski definition) is 10. The number of anilines is 3. The van der Waals surface area contributed by atoms with Gasteiger partial charge < -0.3 is 54.3 Å². The summed E-state index contributed by atoms with van der Waals surface area (Å²) in [5, 5.41) is 22.6. The van der Waals surface area contributed by atoms with E-state index in [1.54, 1.807) is 69.1 Å². The molecular formula is C36H48N6O9. The summed E-state index contributed by atoms with van der Waals surface area (Å²) in [6, 6.07) is 8.58. The van der Waals surface area contributed by atoms with Gasteiger partial charge in [0, 0.05) is 50.1 Å². The van der Waals surface area contributed by atoms with E-state index in [0.29, 0.717) is 58.8 Å². The molecule has 276 valence electrons. The van der Waals surface area contributed by atoms with Gasteiger partial charge >= 0.3 is 12.1 Å². The van der Waals surface area contributed by atoms with Crippen molar-refractivity contribution in [1.82, 2.24) is 15.0 Å². The van der Waals surface area contributed by atoms with Crippen molar-refractivity contribution in [2.45, 2.75) is 72.1 Å². The van der Waals surface area contributed by atoms with Crippen LogP contribution in [0.3, 0.4) is 0 Å². The van der Waals surface area contributed by atoms with Crippen LogP contribution in [0.1, 0.15) is 61.8 Å². The molecule has 0 bridgehead atoms. The smallest absolute Gasteiger partial charge is 0.323 e. The number of nitrogens with zero attached hydrogens (tertiary/aromatic N) is 3. The van der Waals surface area contributed by atoms with Gasteiger partial charge in [0.05, 0.1) is 30.4 Å². The highest BCUT2D eigenvalue weighted by molar-refractivity contribution is 6.02. The van der Waals surface area contributed by atoms with Crippen LogP contribution in [0.5, 0.6) is 17.2 Å². The summed E-state index contributed by atoms with van der Waals surface area (Å²) in [6.45, 7) is 9.89. The first-order chi connectivity index (χ1) is 24.4. The molecule has 15 nitrogen and oxygen atoms in total. The van der Waals surface area contributed by atoms with Crippen molar-refractivity contribution in [1.29, 1.82) is 0 Å². The number of aryl methyl sites for hydroxylation is 2. The number of amides is 5. The Morgan fingerprint density at radius 1 is 1.02 bits per heavy atom. The molecule has 3 aromatic rings. The summed E-state index contributed by atoms with van der Waals surface area (Å²) in [4.78, 5) is 43.7. The minimum absolute atomic E-state index is 0.117. The highest BCUT2D eigenvalue weighted by Crippen LogP contribution is 2.34. The van der Waals surface area contributed by atoms with Gasteiger partial charge in [-0.3, -0.25) is 4.79 Å². The zero-order valence-electron chi connectivity index (χ0n) is 30.0. The van der Waals surface area contributed by atoms with Crippen LogP contribution < -0.4 is 30.2 Å². The highest BCUT2D eigenvalue weighted by atomic mass is 16.7. The van der Waals surface area contributed by atoms with Gasteiger partial charge in [0.15, 0.2) is 17.3 Å². The standard InChI is InChI=1S/C36H48N6O9/c1-21-17-42(22(2)19-43)34(44)28-15-26(37-35(45)38-27-11-13-30-31(16-27)49-20-48-30)10-12-29(28)50-23(3)9-7-8-14-47-32(21)18-41(6)36(46)39-33-24(4)40-51-25(33)5/h10-13,15-16,21-23,32,43H,7-9,14,17-20H2,1-6H3,(H,39,46)(H2,37,38,45)/t21-,22+,23+,32-/m0/s1. The maximum Gasteiger partial charge on any atom is 0.323 e. The Hall–Kier alpha value is -5.02. The number of urea groups is 2. The topological polar surface area (TPSA) is 177 Å². The lowest BCUT2D eigenvalue weighted by atomic mass is 10.0. The summed E-state index contributed by atoms with van der Waals surface area (Å²) < 4.78 is 28.6. The van der Waals surface area contributed by atoms with Gasteiger partial charge in [-0.05, 0) is 77.3 Å². The predicted octanol–water partition coefficient (Wildman–Crippen LogP) is 5.62. The molecule has 0 radical (unpaired) electrons. The molecule has 0 spiro atoms. The number of nitrogens with one attached hydrogen (secondary N) is 3. The zero-order valence-corrected chi connectivity index (χ0v) is 30.0. The summed E-state index contributed by atoms with van der Waals surface area (Å²) in [5.41, 5.74) is 2.21. The third-order valence-electron chi connectivity index (χ3n) is 9.01. The number of aromatic nitrogens is 1. The van der Waals surface area contributed by atoms with Gasteiger partial charge in [-0.25, -0.2) is 9.59 Å². The van der Waals surface area contributed by atoms with Crippen LogP contribution >= 0.6 is 0 Å². The van der Waals surface area contributed by atoms with Gasteiger partial charge in [-0.1, -0.05) is 12.1 Å². The van der Waals surface area contributed by atoms with E-state index >= 15 is 0 Å². The number of aliphatic hydroxyl groups excluding tert-OH is 1. The average Bonchev–Trinajstić information content (AvgIpc) is 3.70. The van der Waals surface area contributed by atoms with E-state index in [2.05, 4.69) is 21.1 Å². The Morgan fingerprint density at radius 3 is 2.43 bits per heavy atom. The highest BCUT2D eigenvalue weighted by Gasteiger charge is 2.31. The van der Waals surface area contributed by atoms with E-state index in [0.717, 1.165) is 12.8 Å². The first-order valence-corrected chi connectivity index (χ1v) is 17.2. The van der Waals surface area contributed by atoms with Gasteiger partial charge in [0.25, 0.3) is 5.91 Å². The quantitative estimate of drug-likeness (QED) is 0.241. The molecule has 4 N–H and O–H groups in total. The molecule has 51 heavy (non-hydrogen) atoms. The number of fused-ring (bicyclic) bond motifs is 2. The molecule has 3 heterocycles. The number of carbonyl (C=O) groups is 3. The fraction of sp³-hybridized carbons (Fsp3) is 0.500. The van der Waals surface area contributed by atoms with Gasteiger partial charge in [0.2, 0.25) is 6.79 Å². The third kappa shape index (κ3) is 9.41. The van der Waals surface area contributed by atoms with Crippen LogP contribution in [0.4, 0.5) is 26.7 Å². The number of aliphatic hydroxyl groups is 1. The fourth-order valence-corrected chi connectivity index (χ4v) is 5.95. The Bertz CT molecular complexity index is 1680. The molecule has 0 aliphatic carbocycles. The van der Waals surface area contributed by atoms with Crippen molar-refractivity contribution in [3.8, 4) is 17.2 Å². The zero-order chi connectivity index (χ0) is 36.7. The summed E-state index contributed by atoms with van der Waals surface area (Å²) >= 11 is 0.